The zero-order valence-corrected chi connectivity index (χ0v) is 17.4. The van der Waals surface area contributed by atoms with Crippen LogP contribution in [0.5, 0.6) is 0 Å². The zero-order valence-electron chi connectivity index (χ0n) is 16.6. The van der Waals surface area contributed by atoms with Gasteiger partial charge in [-0.25, -0.2) is 14.6 Å². The van der Waals surface area contributed by atoms with Gasteiger partial charge in [-0.15, -0.1) is 11.3 Å². The van der Waals surface area contributed by atoms with Gasteiger partial charge in [0, 0.05) is 23.3 Å². The van der Waals surface area contributed by atoms with Crippen LogP contribution >= 0.6 is 11.3 Å². The number of nitrogens with zero attached hydrogens (tertiary/aromatic N) is 5. The van der Waals surface area contributed by atoms with Crippen LogP contribution in [-0.4, -0.2) is 24.3 Å². The third kappa shape index (κ3) is 3.56. The van der Waals surface area contributed by atoms with E-state index in [4.69, 9.17) is 10.1 Å². The Morgan fingerprint density at radius 2 is 2.10 bits per heavy atom. The first-order valence-electron chi connectivity index (χ1n) is 9.95. The summed E-state index contributed by atoms with van der Waals surface area (Å²) in [6.45, 7) is 5.08. The van der Waals surface area contributed by atoms with E-state index in [1.165, 1.54) is 10.4 Å². The Balaban J connectivity index is 1.39. The Hall–Kier alpha value is -2.99. The van der Waals surface area contributed by atoms with Gasteiger partial charge >= 0.3 is 0 Å². The molecule has 5 rings (SSSR count). The third-order valence-corrected chi connectivity index (χ3v) is 6.40. The van der Waals surface area contributed by atoms with E-state index < -0.39 is 0 Å². The second-order valence-electron chi connectivity index (χ2n) is 7.56. The van der Waals surface area contributed by atoms with Crippen molar-refractivity contribution in [3.63, 3.8) is 0 Å². The average molecular weight is 402 g/mol. The molecule has 1 aliphatic heterocycles. The van der Waals surface area contributed by atoms with Gasteiger partial charge in [0.1, 0.15) is 5.82 Å². The van der Waals surface area contributed by atoms with Crippen molar-refractivity contribution in [3.8, 4) is 5.69 Å². The monoisotopic (exact) mass is 401 g/mol. The SMILES string of the molecule is Cc1cn(-c2ccc(/C=C/c3nc4n(n3)CCC[C@@H]4c3cccs3)cc2C)cn1. The fraction of sp³-hybridized carbons (Fsp3) is 0.261. The van der Waals surface area contributed by atoms with Crippen LogP contribution in [0.25, 0.3) is 17.8 Å². The second-order valence-corrected chi connectivity index (χ2v) is 8.54. The van der Waals surface area contributed by atoms with Crippen molar-refractivity contribution in [3.05, 3.63) is 81.6 Å². The molecule has 0 radical (unpaired) electrons. The molecule has 0 N–H and O–H groups in total. The summed E-state index contributed by atoms with van der Waals surface area (Å²) in [4.78, 5) is 10.6. The molecule has 6 heteroatoms. The number of imidazole rings is 1. The maximum atomic E-state index is 4.85. The van der Waals surface area contributed by atoms with Gasteiger partial charge < -0.3 is 4.57 Å². The minimum absolute atomic E-state index is 0.374. The van der Waals surface area contributed by atoms with E-state index in [-0.39, 0.29) is 0 Å². The minimum Gasteiger partial charge on any atom is -0.306 e. The van der Waals surface area contributed by atoms with E-state index in [9.17, 15) is 0 Å². The smallest absolute Gasteiger partial charge is 0.174 e. The summed E-state index contributed by atoms with van der Waals surface area (Å²) in [5.41, 5.74) is 4.52. The molecule has 146 valence electrons. The highest BCUT2D eigenvalue weighted by Crippen LogP contribution is 2.34. The fourth-order valence-corrected chi connectivity index (χ4v) is 4.85. The van der Waals surface area contributed by atoms with Crippen molar-refractivity contribution in [2.24, 2.45) is 0 Å². The van der Waals surface area contributed by atoms with Gasteiger partial charge in [-0.3, -0.25) is 0 Å². The van der Waals surface area contributed by atoms with Gasteiger partial charge in [0.2, 0.25) is 0 Å². The molecule has 0 amide bonds. The van der Waals surface area contributed by atoms with Crippen LogP contribution in [0, 0.1) is 13.8 Å². The van der Waals surface area contributed by atoms with Crippen molar-refractivity contribution >= 4 is 23.5 Å². The van der Waals surface area contributed by atoms with Crippen LogP contribution in [0.2, 0.25) is 0 Å². The van der Waals surface area contributed by atoms with Crippen LogP contribution in [0.4, 0.5) is 0 Å². The Morgan fingerprint density at radius 1 is 1.17 bits per heavy atom. The highest BCUT2D eigenvalue weighted by molar-refractivity contribution is 7.10. The predicted octanol–water partition coefficient (Wildman–Crippen LogP) is 5.24. The molecule has 0 aliphatic carbocycles. The number of aryl methyl sites for hydroxylation is 3. The van der Waals surface area contributed by atoms with Crippen LogP contribution in [-0.2, 0) is 6.54 Å². The third-order valence-electron chi connectivity index (χ3n) is 5.41. The Bertz CT molecular complexity index is 1170. The van der Waals surface area contributed by atoms with Gasteiger partial charge in [0.25, 0.3) is 0 Å². The molecule has 0 bridgehead atoms. The number of benzene rings is 1. The van der Waals surface area contributed by atoms with E-state index in [0.29, 0.717) is 5.92 Å². The van der Waals surface area contributed by atoms with Crippen LogP contribution < -0.4 is 0 Å². The molecule has 4 heterocycles. The first kappa shape index (κ1) is 18.1. The van der Waals surface area contributed by atoms with E-state index in [2.05, 4.69) is 62.9 Å². The normalized spacial score (nSPS) is 16.4. The molecule has 1 aliphatic rings. The van der Waals surface area contributed by atoms with Crippen molar-refractivity contribution in [2.75, 3.05) is 0 Å². The van der Waals surface area contributed by atoms with Crippen LogP contribution in [0.3, 0.4) is 0 Å². The Kier molecular flexibility index (Phi) is 4.64. The number of hydrogen-bond acceptors (Lipinski definition) is 4. The lowest BCUT2D eigenvalue weighted by Crippen LogP contribution is -2.17. The van der Waals surface area contributed by atoms with Gasteiger partial charge in [-0.1, -0.05) is 18.2 Å². The molecular formula is C23H23N5S. The quantitative estimate of drug-likeness (QED) is 0.470. The molecule has 1 atom stereocenters. The van der Waals surface area contributed by atoms with Crippen LogP contribution in [0.1, 0.15) is 52.1 Å². The molecule has 29 heavy (non-hydrogen) atoms. The molecule has 1 aromatic carbocycles. The number of hydrogen-bond donors (Lipinski definition) is 0. The summed E-state index contributed by atoms with van der Waals surface area (Å²) in [6, 6.07) is 10.8. The van der Waals surface area contributed by atoms with E-state index in [1.54, 1.807) is 0 Å². The van der Waals surface area contributed by atoms with Crippen molar-refractivity contribution < 1.29 is 0 Å². The summed E-state index contributed by atoms with van der Waals surface area (Å²) in [7, 11) is 0. The second kappa shape index (κ2) is 7.44. The maximum absolute atomic E-state index is 4.85. The summed E-state index contributed by atoms with van der Waals surface area (Å²) in [5.74, 6) is 2.26. The zero-order chi connectivity index (χ0) is 19.8. The Morgan fingerprint density at radius 3 is 2.86 bits per heavy atom. The predicted molar refractivity (Wildman–Crippen MR) is 117 cm³/mol. The average Bonchev–Trinajstić information content (AvgIpc) is 3.46. The molecule has 3 aromatic heterocycles. The molecule has 0 saturated carbocycles. The van der Waals surface area contributed by atoms with Crippen molar-refractivity contribution in [1.82, 2.24) is 24.3 Å². The summed E-state index contributed by atoms with van der Waals surface area (Å²) >= 11 is 1.81. The molecule has 4 aromatic rings. The van der Waals surface area contributed by atoms with E-state index in [1.807, 2.05) is 36.9 Å². The van der Waals surface area contributed by atoms with Gasteiger partial charge in [0.15, 0.2) is 5.82 Å². The maximum Gasteiger partial charge on any atom is 0.174 e. The molecular weight excluding hydrogens is 378 g/mol. The number of thiophene rings is 1. The first-order valence-corrected chi connectivity index (χ1v) is 10.8. The van der Waals surface area contributed by atoms with Gasteiger partial charge in [-0.2, -0.15) is 5.10 Å². The molecule has 0 saturated heterocycles. The standard InChI is InChI=1S/C23H23N5S/c1-16-13-18(7-9-20(16)27-14-17(2)24-15-27)8-10-22-25-23-19(21-6-4-12-29-21)5-3-11-28(23)26-22/h4,6-10,12-15,19H,3,5,11H2,1-2H3/b10-8+/t19-/m1/s1. The van der Waals surface area contributed by atoms with Crippen molar-refractivity contribution in [2.45, 2.75) is 39.2 Å². The summed E-state index contributed by atoms with van der Waals surface area (Å²) < 4.78 is 4.15. The van der Waals surface area contributed by atoms with Crippen LogP contribution in [0.15, 0.2) is 48.2 Å². The van der Waals surface area contributed by atoms with Gasteiger partial charge in [-0.05, 0) is 67.5 Å². The molecule has 0 spiro atoms. The topological polar surface area (TPSA) is 48.5 Å². The van der Waals surface area contributed by atoms with E-state index in [0.717, 1.165) is 48.0 Å². The minimum atomic E-state index is 0.374. The Labute approximate surface area is 174 Å². The number of fused-ring (bicyclic) bond motifs is 1. The molecule has 0 unspecified atom stereocenters. The summed E-state index contributed by atoms with van der Waals surface area (Å²) in [5, 5.41) is 6.87. The van der Waals surface area contributed by atoms with E-state index >= 15 is 0 Å². The van der Waals surface area contributed by atoms with Gasteiger partial charge in [0.05, 0.1) is 17.9 Å². The largest absolute Gasteiger partial charge is 0.306 e. The first-order chi connectivity index (χ1) is 14.2. The fourth-order valence-electron chi connectivity index (χ4n) is 3.99. The highest BCUT2D eigenvalue weighted by atomic mass is 32.1. The number of rotatable bonds is 4. The molecule has 5 nitrogen and oxygen atoms in total. The summed E-state index contributed by atoms with van der Waals surface area (Å²) in [6.07, 6.45) is 10.3. The lowest BCUT2D eigenvalue weighted by Gasteiger charge is -2.20. The molecule has 0 fully saturated rings. The lowest BCUT2D eigenvalue weighted by atomic mass is 9.97. The lowest BCUT2D eigenvalue weighted by molar-refractivity contribution is 0.448. The van der Waals surface area contributed by atoms with Crippen molar-refractivity contribution in [1.29, 1.82) is 0 Å². The highest BCUT2D eigenvalue weighted by Gasteiger charge is 2.25. The number of aromatic nitrogens is 5.